The van der Waals surface area contributed by atoms with Crippen LogP contribution in [-0.2, 0) is 19.1 Å². The first-order valence-electron chi connectivity index (χ1n) is 20.0. The second kappa shape index (κ2) is 36.7. The average molecular weight is 662 g/mol. The Hall–Kier alpha value is -2.11. The summed E-state index contributed by atoms with van der Waals surface area (Å²) in [5, 5.41) is 11.0. The van der Waals surface area contributed by atoms with Crippen LogP contribution in [0.25, 0.3) is 0 Å². The van der Waals surface area contributed by atoms with Gasteiger partial charge >= 0.3 is 11.9 Å². The molecule has 1 amide bonds. The van der Waals surface area contributed by atoms with E-state index in [2.05, 4.69) is 43.5 Å². The van der Waals surface area contributed by atoms with Gasteiger partial charge in [-0.3, -0.25) is 14.4 Å². The number of hydrogen-bond acceptors (Lipinski definition) is 4. The summed E-state index contributed by atoms with van der Waals surface area (Å²) in [5.74, 6) is -1.23. The van der Waals surface area contributed by atoms with Gasteiger partial charge in [0.1, 0.15) is 12.6 Å². The minimum Gasteiger partial charge on any atom is -0.480 e. The number of carbonyl (C=O) groups excluding carboxylic acids is 2. The molecule has 0 radical (unpaired) electrons. The second-order valence-electron chi connectivity index (χ2n) is 13.5. The second-order valence-corrected chi connectivity index (χ2v) is 13.5. The number of aliphatic carboxylic acids is 1. The molecule has 0 aromatic carbocycles. The van der Waals surface area contributed by atoms with Crippen LogP contribution in [0, 0.1) is 0 Å². The standard InChI is InChI=1S/C41H75NO5/c1-3-5-7-9-11-12-13-14-15-16-17-18-19-20-21-22-23-28-32-36-41(46)47-38(33-29-25-10-8-6-4-2)34-30-26-24-27-31-35-39(43)42-37-40(44)45/h11-12,14-15,38H,3-10,13,16-37H2,1-2H3,(H,42,43)(H,44,45)/b12-11-,15-14-. The van der Waals surface area contributed by atoms with Crippen molar-refractivity contribution in [3.63, 3.8) is 0 Å². The van der Waals surface area contributed by atoms with Gasteiger partial charge in [-0.05, 0) is 70.6 Å². The summed E-state index contributed by atoms with van der Waals surface area (Å²) in [4.78, 5) is 34.8. The van der Waals surface area contributed by atoms with E-state index in [1.54, 1.807) is 0 Å². The van der Waals surface area contributed by atoms with Crippen molar-refractivity contribution in [1.82, 2.24) is 5.32 Å². The topological polar surface area (TPSA) is 92.7 Å². The fourth-order valence-electron chi connectivity index (χ4n) is 5.90. The highest BCUT2D eigenvalue weighted by Gasteiger charge is 2.14. The van der Waals surface area contributed by atoms with E-state index in [-0.39, 0.29) is 24.5 Å². The molecule has 0 aliphatic heterocycles. The van der Waals surface area contributed by atoms with Crippen molar-refractivity contribution in [3.05, 3.63) is 24.3 Å². The lowest BCUT2D eigenvalue weighted by atomic mass is 10.0. The summed E-state index contributed by atoms with van der Waals surface area (Å²) in [5.41, 5.74) is 0. The number of esters is 1. The van der Waals surface area contributed by atoms with Gasteiger partial charge in [0, 0.05) is 12.8 Å². The molecule has 0 heterocycles. The largest absolute Gasteiger partial charge is 0.480 e. The number of nitrogens with one attached hydrogen (secondary N) is 1. The van der Waals surface area contributed by atoms with E-state index in [4.69, 9.17) is 9.84 Å². The Balaban J connectivity index is 3.93. The molecule has 0 fully saturated rings. The molecule has 0 spiro atoms. The zero-order valence-corrected chi connectivity index (χ0v) is 30.9. The van der Waals surface area contributed by atoms with Gasteiger partial charge in [-0.1, -0.05) is 147 Å². The molecule has 0 rings (SSSR count). The molecule has 0 aromatic rings. The number of ether oxygens (including phenoxy) is 1. The molecule has 6 heteroatoms. The van der Waals surface area contributed by atoms with Crippen molar-refractivity contribution < 1.29 is 24.2 Å². The molecular formula is C41H75NO5. The summed E-state index contributed by atoms with van der Waals surface area (Å²) < 4.78 is 5.97. The van der Waals surface area contributed by atoms with Crippen molar-refractivity contribution in [2.75, 3.05) is 6.54 Å². The van der Waals surface area contributed by atoms with Gasteiger partial charge in [0.2, 0.25) is 5.91 Å². The Labute approximate surface area is 290 Å². The molecule has 6 nitrogen and oxygen atoms in total. The quantitative estimate of drug-likeness (QED) is 0.0396. The highest BCUT2D eigenvalue weighted by molar-refractivity contribution is 5.80. The number of carbonyl (C=O) groups is 3. The van der Waals surface area contributed by atoms with Crippen LogP contribution < -0.4 is 5.32 Å². The lowest BCUT2D eigenvalue weighted by Gasteiger charge is -2.18. The predicted octanol–water partition coefficient (Wildman–Crippen LogP) is 12.0. The normalized spacial score (nSPS) is 12.2. The summed E-state index contributed by atoms with van der Waals surface area (Å²) in [6.07, 6.45) is 43.1. The molecule has 1 atom stereocenters. The molecule has 0 bridgehead atoms. The van der Waals surface area contributed by atoms with Crippen LogP contribution in [0.1, 0.15) is 206 Å². The molecule has 0 aliphatic rings. The summed E-state index contributed by atoms with van der Waals surface area (Å²) in [6.45, 7) is 4.18. The fourth-order valence-corrected chi connectivity index (χ4v) is 5.90. The maximum atomic E-state index is 12.6. The molecule has 274 valence electrons. The number of allylic oxidation sites excluding steroid dienone is 4. The summed E-state index contributed by atoms with van der Waals surface area (Å²) >= 11 is 0. The van der Waals surface area contributed by atoms with Gasteiger partial charge in [0.05, 0.1) is 0 Å². The van der Waals surface area contributed by atoms with Crippen LogP contribution in [-0.4, -0.2) is 35.6 Å². The van der Waals surface area contributed by atoms with Crippen LogP contribution in [0.5, 0.6) is 0 Å². The van der Waals surface area contributed by atoms with Crippen LogP contribution in [0.3, 0.4) is 0 Å². The first kappa shape index (κ1) is 44.9. The van der Waals surface area contributed by atoms with Crippen molar-refractivity contribution >= 4 is 17.8 Å². The Morgan fingerprint density at radius 1 is 0.553 bits per heavy atom. The Kier molecular flexibility index (Phi) is 35.1. The summed E-state index contributed by atoms with van der Waals surface area (Å²) in [6, 6.07) is 0. The van der Waals surface area contributed by atoms with Gasteiger partial charge < -0.3 is 15.2 Å². The van der Waals surface area contributed by atoms with Gasteiger partial charge in [-0.15, -0.1) is 0 Å². The minimum absolute atomic E-state index is 0.0228. The minimum atomic E-state index is -1.02. The molecule has 0 aromatic heterocycles. The van der Waals surface area contributed by atoms with E-state index < -0.39 is 5.97 Å². The zero-order chi connectivity index (χ0) is 34.5. The number of carboxylic acids is 1. The van der Waals surface area contributed by atoms with E-state index in [1.807, 2.05) is 0 Å². The molecule has 0 aliphatic carbocycles. The number of hydrogen-bond donors (Lipinski definition) is 2. The van der Waals surface area contributed by atoms with Crippen molar-refractivity contribution in [3.8, 4) is 0 Å². The molecule has 1 unspecified atom stereocenters. The number of amides is 1. The van der Waals surface area contributed by atoms with E-state index in [9.17, 15) is 14.4 Å². The monoisotopic (exact) mass is 662 g/mol. The SMILES string of the molecule is CCCCC/C=C\C/C=C\CCCCCCCCCCCC(=O)OC(CCCCCCCC)CCCCCCCC(=O)NCC(=O)O. The van der Waals surface area contributed by atoms with Crippen LogP contribution >= 0.6 is 0 Å². The molecule has 2 N–H and O–H groups in total. The molecule has 0 saturated heterocycles. The third-order valence-electron chi connectivity index (χ3n) is 8.88. The molecule has 47 heavy (non-hydrogen) atoms. The van der Waals surface area contributed by atoms with Crippen molar-refractivity contribution in [2.24, 2.45) is 0 Å². The third-order valence-corrected chi connectivity index (χ3v) is 8.88. The lowest BCUT2D eigenvalue weighted by molar-refractivity contribution is -0.150. The number of rotatable bonds is 36. The Bertz CT molecular complexity index is 778. The maximum Gasteiger partial charge on any atom is 0.322 e. The van der Waals surface area contributed by atoms with Crippen LogP contribution in [0.2, 0.25) is 0 Å². The molecular weight excluding hydrogens is 586 g/mol. The first-order valence-corrected chi connectivity index (χ1v) is 20.0. The Morgan fingerprint density at radius 2 is 0.979 bits per heavy atom. The Morgan fingerprint density at radius 3 is 1.51 bits per heavy atom. The summed E-state index contributed by atoms with van der Waals surface area (Å²) in [7, 11) is 0. The van der Waals surface area contributed by atoms with Crippen molar-refractivity contribution in [2.45, 2.75) is 213 Å². The average Bonchev–Trinajstić information content (AvgIpc) is 3.05. The third kappa shape index (κ3) is 36.6. The highest BCUT2D eigenvalue weighted by Crippen LogP contribution is 2.18. The maximum absolute atomic E-state index is 12.6. The van der Waals surface area contributed by atoms with Gasteiger partial charge in [-0.25, -0.2) is 0 Å². The molecule has 0 saturated carbocycles. The van der Waals surface area contributed by atoms with Crippen molar-refractivity contribution in [1.29, 1.82) is 0 Å². The van der Waals surface area contributed by atoms with E-state index in [0.29, 0.717) is 12.8 Å². The number of carboxylic acid groups (broad SMARTS) is 1. The lowest BCUT2D eigenvalue weighted by Crippen LogP contribution is -2.28. The predicted molar refractivity (Wildman–Crippen MR) is 199 cm³/mol. The van der Waals surface area contributed by atoms with E-state index >= 15 is 0 Å². The fraction of sp³-hybridized carbons (Fsp3) is 0.829. The van der Waals surface area contributed by atoms with Gasteiger partial charge in [-0.2, -0.15) is 0 Å². The van der Waals surface area contributed by atoms with Crippen LogP contribution in [0.15, 0.2) is 24.3 Å². The smallest absolute Gasteiger partial charge is 0.322 e. The number of unbranched alkanes of at least 4 members (excludes halogenated alkanes) is 21. The van der Waals surface area contributed by atoms with E-state index in [0.717, 1.165) is 70.6 Å². The first-order chi connectivity index (χ1) is 23.0. The van der Waals surface area contributed by atoms with E-state index in [1.165, 1.54) is 109 Å². The zero-order valence-electron chi connectivity index (χ0n) is 30.9. The van der Waals surface area contributed by atoms with Gasteiger partial charge in [0.25, 0.3) is 0 Å². The highest BCUT2D eigenvalue weighted by atomic mass is 16.5. The van der Waals surface area contributed by atoms with Gasteiger partial charge in [0.15, 0.2) is 0 Å². The van der Waals surface area contributed by atoms with Crippen LogP contribution in [0.4, 0.5) is 0 Å².